The molecule has 0 aromatic carbocycles. The average molecular weight is 238 g/mol. The molecule has 2 saturated carbocycles. The molecular formula is C15H30N2. The summed E-state index contributed by atoms with van der Waals surface area (Å²) in [6.07, 6.45) is 12.9. The number of nitrogens with zero attached hydrogens (tertiary/aromatic N) is 1. The normalized spacial score (nSPS) is 31.9. The van der Waals surface area contributed by atoms with Crippen molar-refractivity contribution in [3.05, 3.63) is 0 Å². The molecule has 0 bridgehead atoms. The molecule has 0 spiro atoms. The lowest BCUT2D eigenvalue weighted by Gasteiger charge is -2.39. The Kier molecular flexibility index (Phi) is 5.30. The monoisotopic (exact) mass is 238 g/mol. The van der Waals surface area contributed by atoms with Crippen LogP contribution in [0, 0.1) is 5.92 Å². The first kappa shape index (κ1) is 13.4. The maximum Gasteiger partial charge on any atom is 0.0246 e. The van der Waals surface area contributed by atoms with Crippen molar-refractivity contribution in [3.8, 4) is 0 Å². The number of rotatable bonds is 4. The summed E-state index contributed by atoms with van der Waals surface area (Å²) in [4.78, 5) is 2.66. The van der Waals surface area contributed by atoms with E-state index in [1.165, 1.54) is 64.3 Å². The van der Waals surface area contributed by atoms with Gasteiger partial charge in [0.05, 0.1) is 0 Å². The van der Waals surface area contributed by atoms with E-state index < -0.39 is 0 Å². The van der Waals surface area contributed by atoms with Gasteiger partial charge in [0.2, 0.25) is 0 Å². The summed E-state index contributed by atoms with van der Waals surface area (Å²) >= 11 is 0. The molecule has 0 aliphatic heterocycles. The lowest BCUT2D eigenvalue weighted by atomic mass is 9.84. The average Bonchev–Trinajstić information content (AvgIpc) is 2.23. The van der Waals surface area contributed by atoms with Crippen LogP contribution in [0.15, 0.2) is 0 Å². The quantitative estimate of drug-likeness (QED) is 0.810. The van der Waals surface area contributed by atoms with Crippen molar-refractivity contribution in [2.75, 3.05) is 20.6 Å². The van der Waals surface area contributed by atoms with Gasteiger partial charge < -0.3 is 10.2 Å². The number of hydrogen-bond donors (Lipinski definition) is 1. The number of likely N-dealkylation sites (N-methyl/N-ethyl adjacent to an activating group) is 2. The van der Waals surface area contributed by atoms with E-state index in [-0.39, 0.29) is 0 Å². The highest BCUT2D eigenvalue weighted by molar-refractivity contribution is 4.86. The van der Waals surface area contributed by atoms with Gasteiger partial charge in [-0.2, -0.15) is 0 Å². The third kappa shape index (κ3) is 3.69. The van der Waals surface area contributed by atoms with Crippen molar-refractivity contribution in [3.63, 3.8) is 0 Å². The van der Waals surface area contributed by atoms with E-state index in [2.05, 4.69) is 24.3 Å². The SMILES string of the molecule is CNC1CCCCCCC1N(C)CC1CCC1. The van der Waals surface area contributed by atoms with E-state index in [0.29, 0.717) is 0 Å². The van der Waals surface area contributed by atoms with Gasteiger partial charge in [-0.3, -0.25) is 0 Å². The van der Waals surface area contributed by atoms with Crippen LogP contribution in [0.3, 0.4) is 0 Å². The van der Waals surface area contributed by atoms with E-state index in [1.807, 2.05) is 0 Å². The van der Waals surface area contributed by atoms with Crippen molar-refractivity contribution in [2.24, 2.45) is 5.92 Å². The van der Waals surface area contributed by atoms with Gasteiger partial charge >= 0.3 is 0 Å². The van der Waals surface area contributed by atoms with Crippen LogP contribution in [-0.4, -0.2) is 37.6 Å². The Morgan fingerprint density at radius 1 is 0.941 bits per heavy atom. The highest BCUT2D eigenvalue weighted by Crippen LogP contribution is 2.29. The molecule has 2 rings (SSSR count). The molecule has 0 saturated heterocycles. The largest absolute Gasteiger partial charge is 0.315 e. The van der Waals surface area contributed by atoms with Crippen LogP contribution in [-0.2, 0) is 0 Å². The van der Waals surface area contributed by atoms with Gasteiger partial charge in [-0.1, -0.05) is 32.1 Å². The lowest BCUT2D eigenvalue weighted by molar-refractivity contribution is 0.121. The van der Waals surface area contributed by atoms with E-state index in [1.54, 1.807) is 0 Å². The van der Waals surface area contributed by atoms with Gasteiger partial charge in [-0.25, -0.2) is 0 Å². The molecule has 0 amide bonds. The standard InChI is InChI=1S/C15H30N2/c1-16-14-10-5-3-4-6-11-15(14)17(2)12-13-8-7-9-13/h13-16H,3-12H2,1-2H3. The van der Waals surface area contributed by atoms with Gasteiger partial charge in [0.25, 0.3) is 0 Å². The zero-order valence-electron chi connectivity index (χ0n) is 11.8. The van der Waals surface area contributed by atoms with Crippen LogP contribution < -0.4 is 5.32 Å². The Balaban J connectivity index is 1.87. The molecule has 0 aromatic rings. The summed E-state index contributed by atoms with van der Waals surface area (Å²) in [6.45, 7) is 1.34. The summed E-state index contributed by atoms with van der Waals surface area (Å²) < 4.78 is 0. The second-order valence-corrected chi connectivity index (χ2v) is 6.19. The van der Waals surface area contributed by atoms with Crippen molar-refractivity contribution < 1.29 is 0 Å². The van der Waals surface area contributed by atoms with Crippen molar-refractivity contribution in [1.82, 2.24) is 10.2 Å². The van der Waals surface area contributed by atoms with Gasteiger partial charge in [0.1, 0.15) is 0 Å². The van der Waals surface area contributed by atoms with Crippen molar-refractivity contribution in [1.29, 1.82) is 0 Å². The maximum atomic E-state index is 3.57. The van der Waals surface area contributed by atoms with E-state index in [4.69, 9.17) is 0 Å². The molecule has 2 aliphatic rings. The second-order valence-electron chi connectivity index (χ2n) is 6.19. The molecule has 1 N–H and O–H groups in total. The Bertz CT molecular complexity index is 213. The van der Waals surface area contributed by atoms with E-state index >= 15 is 0 Å². The first-order valence-corrected chi connectivity index (χ1v) is 7.68. The number of hydrogen-bond acceptors (Lipinski definition) is 2. The van der Waals surface area contributed by atoms with Crippen LogP contribution in [0.25, 0.3) is 0 Å². The van der Waals surface area contributed by atoms with Crippen LogP contribution in [0.2, 0.25) is 0 Å². The van der Waals surface area contributed by atoms with Crippen LogP contribution in [0.1, 0.15) is 57.8 Å². The summed E-state index contributed by atoms with van der Waals surface area (Å²) in [5.74, 6) is 1.00. The topological polar surface area (TPSA) is 15.3 Å². The third-order valence-corrected chi connectivity index (χ3v) is 4.94. The molecule has 2 aliphatic carbocycles. The minimum Gasteiger partial charge on any atom is -0.315 e. The molecule has 0 radical (unpaired) electrons. The summed E-state index contributed by atoms with van der Waals surface area (Å²) in [5.41, 5.74) is 0. The summed E-state index contributed by atoms with van der Waals surface area (Å²) in [5, 5.41) is 3.57. The summed E-state index contributed by atoms with van der Waals surface area (Å²) in [6, 6.07) is 1.50. The summed E-state index contributed by atoms with van der Waals surface area (Å²) in [7, 11) is 4.51. The predicted octanol–water partition coefficient (Wildman–Crippen LogP) is 3.03. The molecule has 2 atom stereocenters. The van der Waals surface area contributed by atoms with E-state index in [9.17, 15) is 0 Å². The van der Waals surface area contributed by atoms with Gasteiger partial charge in [0, 0.05) is 18.6 Å². The van der Waals surface area contributed by atoms with Crippen molar-refractivity contribution in [2.45, 2.75) is 69.9 Å². The van der Waals surface area contributed by atoms with Gasteiger partial charge in [-0.05, 0) is 45.7 Å². The number of nitrogens with one attached hydrogen (secondary N) is 1. The lowest BCUT2D eigenvalue weighted by Crippen LogP contribution is -2.49. The van der Waals surface area contributed by atoms with E-state index in [0.717, 1.165) is 18.0 Å². The fraction of sp³-hybridized carbons (Fsp3) is 1.00. The molecule has 0 aromatic heterocycles. The first-order valence-electron chi connectivity index (χ1n) is 7.68. The van der Waals surface area contributed by atoms with Crippen LogP contribution in [0.4, 0.5) is 0 Å². The fourth-order valence-corrected chi connectivity index (χ4v) is 3.55. The molecule has 2 heteroatoms. The van der Waals surface area contributed by atoms with Crippen LogP contribution in [0.5, 0.6) is 0 Å². The molecule has 2 nitrogen and oxygen atoms in total. The molecule has 2 unspecified atom stereocenters. The minimum absolute atomic E-state index is 0.723. The Morgan fingerprint density at radius 3 is 2.24 bits per heavy atom. The zero-order chi connectivity index (χ0) is 12.1. The zero-order valence-corrected chi connectivity index (χ0v) is 11.8. The van der Waals surface area contributed by atoms with Gasteiger partial charge in [-0.15, -0.1) is 0 Å². The maximum absolute atomic E-state index is 3.57. The Hall–Kier alpha value is -0.0800. The molecular weight excluding hydrogens is 208 g/mol. The Morgan fingerprint density at radius 2 is 1.65 bits per heavy atom. The first-order chi connectivity index (χ1) is 8.31. The third-order valence-electron chi connectivity index (χ3n) is 4.94. The molecule has 2 fully saturated rings. The Labute approximate surface area is 107 Å². The highest BCUT2D eigenvalue weighted by Gasteiger charge is 2.28. The smallest absolute Gasteiger partial charge is 0.0246 e. The molecule has 100 valence electrons. The van der Waals surface area contributed by atoms with Crippen LogP contribution >= 0.6 is 0 Å². The predicted molar refractivity (Wildman–Crippen MR) is 74.3 cm³/mol. The fourth-order valence-electron chi connectivity index (χ4n) is 3.55. The second kappa shape index (κ2) is 6.75. The molecule has 0 heterocycles. The van der Waals surface area contributed by atoms with Gasteiger partial charge in [0.15, 0.2) is 0 Å². The van der Waals surface area contributed by atoms with Crippen molar-refractivity contribution >= 4 is 0 Å². The highest BCUT2D eigenvalue weighted by atomic mass is 15.2. The minimum atomic E-state index is 0.723. The molecule has 17 heavy (non-hydrogen) atoms.